The number of carbonyl (C=O) groups is 1. The molecule has 1 amide bonds. The number of hydrogen-bond donors (Lipinski definition) is 2. The van der Waals surface area contributed by atoms with Crippen LogP contribution >= 0.6 is 0 Å². The van der Waals surface area contributed by atoms with Gasteiger partial charge in [0.05, 0.1) is 18.7 Å². The molecule has 0 saturated carbocycles. The number of anilines is 2. The van der Waals surface area contributed by atoms with E-state index in [0.29, 0.717) is 30.2 Å². The monoisotopic (exact) mass is 298 g/mol. The Morgan fingerprint density at radius 3 is 2.59 bits per heavy atom. The highest BCUT2D eigenvalue weighted by molar-refractivity contribution is 5.93. The van der Waals surface area contributed by atoms with Gasteiger partial charge in [-0.2, -0.15) is 0 Å². The first-order chi connectivity index (χ1) is 10.6. The van der Waals surface area contributed by atoms with Crippen LogP contribution in [-0.2, 0) is 11.2 Å². The molecular formula is C18H22N2O2. The summed E-state index contributed by atoms with van der Waals surface area (Å²) in [5, 5.41) is 2.91. The van der Waals surface area contributed by atoms with E-state index in [-0.39, 0.29) is 5.91 Å². The molecule has 4 heteroatoms. The summed E-state index contributed by atoms with van der Waals surface area (Å²) in [6.07, 6.45) is 1.23. The Bertz CT molecular complexity index is 636. The average Bonchev–Trinajstić information content (AvgIpc) is 2.50. The van der Waals surface area contributed by atoms with Gasteiger partial charge in [-0.15, -0.1) is 0 Å². The van der Waals surface area contributed by atoms with Crippen LogP contribution < -0.4 is 15.8 Å². The lowest BCUT2D eigenvalue weighted by Gasteiger charge is -2.13. The van der Waals surface area contributed by atoms with Crippen molar-refractivity contribution in [2.45, 2.75) is 26.7 Å². The molecule has 2 aromatic carbocycles. The van der Waals surface area contributed by atoms with Gasteiger partial charge in [-0.25, -0.2) is 0 Å². The third kappa shape index (κ3) is 4.52. The number of ether oxygens (including phenoxy) is 1. The van der Waals surface area contributed by atoms with Crippen LogP contribution in [0.3, 0.4) is 0 Å². The molecule has 116 valence electrons. The summed E-state index contributed by atoms with van der Waals surface area (Å²) in [5.41, 5.74) is 9.07. The van der Waals surface area contributed by atoms with Crippen molar-refractivity contribution in [3.05, 3.63) is 53.6 Å². The van der Waals surface area contributed by atoms with E-state index in [1.807, 2.05) is 37.3 Å². The van der Waals surface area contributed by atoms with Crippen molar-refractivity contribution < 1.29 is 9.53 Å². The van der Waals surface area contributed by atoms with Gasteiger partial charge in [0.15, 0.2) is 0 Å². The van der Waals surface area contributed by atoms with Gasteiger partial charge < -0.3 is 15.8 Å². The van der Waals surface area contributed by atoms with Gasteiger partial charge in [-0.1, -0.05) is 25.1 Å². The van der Waals surface area contributed by atoms with Crippen LogP contribution in [0.2, 0.25) is 0 Å². The Morgan fingerprint density at radius 2 is 1.91 bits per heavy atom. The highest BCUT2D eigenvalue weighted by Crippen LogP contribution is 2.26. The van der Waals surface area contributed by atoms with Gasteiger partial charge >= 0.3 is 0 Å². The second-order valence-corrected chi connectivity index (χ2v) is 5.31. The summed E-state index contributed by atoms with van der Waals surface area (Å²) in [7, 11) is 0. The van der Waals surface area contributed by atoms with E-state index in [2.05, 4.69) is 12.2 Å². The maximum absolute atomic E-state index is 12.2. The largest absolute Gasteiger partial charge is 0.491 e. The number of benzene rings is 2. The van der Waals surface area contributed by atoms with E-state index in [4.69, 9.17) is 10.5 Å². The molecule has 0 saturated heterocycles. The molecule has 0 spiro atoms. The zero-order valence-electron chi connectivity index (χ0n) is 13.1. The number of amides is 1. The maximum Gasteiger partial charge on any atom is 0.228 e. The van der Waals surface area contributed by atoms with Gasteiger partial charge in [0.1, 0.15) is 5.75 Å². The summed E-state index contributed by atoms with van der Waals surface area (Å²) >= 11 is 0. The Balaban J connectivity index is 2.05. The number of nitrogen functional groups attached to an aromatic ring is 1. The molecule has 0 aliphatic carbocycles. The third-order valence-electron chi connectivity index (χ3n) is 3.22. The molecule has 0 aromatic heterocycles. The van der Waals surface area contributed by atoms with Crippen molar-refractivity contribution in [2.24, 2.45) is 0 Å². The smallest absolute Gasteiger partial charge is 0.228 e. The first-order valence-corrected chi connectivity index (χ1v) is 7.46. The third-order valence-corrected chi connectivity index (χ3v) is 3.22. The lowest BCUT2D eigenvalue weighted by atomic mass is 10.1. The van der Waals surface area contributed by atoms with Crippen LogP contribution in [0.5, 0.6) is 5.75 Å². The minimum absolute atomic E-state index is 0.0741. The van der Waals surface area contributed by atoms with E-state index in [9.17, 15) is 4.79 Å². The van der Waals surface area contributed by atoms with Crippen LogP contribution in [0.15, 0.2) is 42.5 Å². The lowest BCUT2D eigenvalue weighted by molar-refractivity contribution is -0.115. The molecule has 2 rings (SSSR count). The van der Waals surface area contributed by atoms with Crippen molar-refractivity contribution in [1.82, 2.24) is 0 Å². The molecule has 0 heterocycles. The van der Waals surface area contributed by atoms with Crippen molar-refractivity contribution in [3.8, 4) is 5.75 Å². The fourth-order valence-corrected chi connectivity index (χ4v) is 2.08. The molecule has 0 unspecified atom stereocenters. The van der Waals surface area contributed by atoms with E-state index >= 15 is 0 Å². The number of hydrogen-bond acceptors (Lipinski definition) is 3. The Labute approximate surface area is 131 Å². The molecule has 22 heavy (non-hydrogen) atoms. The van der Waals surface area contributed by atoms with Crippen LogP contribution in [0.1, 0.15) is 24.5 Å². The zero-order chi connectivity index (χ0) is 15.9. The first kappa shape index (κ1) is 15.9. The Kier molecular flexibility index (Phi) is 5.42. The van der Waals surface area contributed by atoms with Crippen molar-refractivity contribution in [2.75, 3.05) is 17.7 Å². The summed E-state index contributed by atoms with van der Waals surface area (Å²) in [6.45, 7) is 4.68. The van der Waals surface area contributed by atoms with Crippen LogP contribution in [0, 0.1) is 6.92 Å². The summed E-state index contributed by atoms with van der Waals surface area (Å²) in [4.78, 5) is 12.2. The minimum Gasteiger partial charge on any atom is -0.491 e. The first-order valence-electron chi connectivity index (χ1n) is 7.46. The molecule has 2 aromatic rings. The Hall–Kier alpha value is -2.49. The van der Waals surface area contributed by atoms with Crippen molar-refractivity contribution >= 4 is 17.3 Å². The van der Waals surface area contributed by atoms with E-state index in [1.165, 1.54) is 0 Å². The molecule has 0 aliphatic heterocycles. The fourth-order valence-electron chi connectivity index (χ4n) is 2.08. The SMILES string of the molecule is CCCOc1cc(C)ccc1NC(=O)Cc1ccc(N)cc1. The normalized spacial score (nSPS) is 10.3. The number of carbonyl (C=O) groups excluding carboxylic acids is 1. The quantitative estimate of drug-likeness (QED) is 0.802. The lowest BCUT2D eigenvalue weighted by Crippen LogP contribution is -2.15. The molecule has 0 radical (unpaired) electrons. The zero-order valence-corrected chi connectivity index (χ0v) is 13.1. The highest BCUT2D eigenvalue weighted by atomic mass is 16.5. The van der Waals surface area contributed by atoms with Gasteiger partial charge in [0.2, 0.25) is 5.91 Å². The van der Waals surface area contributed by atoms with E-state index < -0.39 is 0 Å². The second kappa shape index (κ2) is 7.50. The standard InChI is InChI=1S/C18H22N2O2/c1-3-10-22-17-11-13(2)4-9-16(17)20-18(21)12-14-5-7-15(19)8-6-14/h4-9,11H,3,10,12,19H2,1-2H3,(H,20,21). The van der Waals surface area contributed by atoms with Crippen LogP contribution in [0.25, 0.3) is 0 Å². The van der Waals surface area contributed by atoms with Crippen molar-refractivity contribution in [1.29, 1.82) is 0 Å². The molecular weight excluding hydrogens is 276 g/mol. The molecule has 3 N–H and O–H groups in total. The highest BCUT2D eigenvalue weighted by Gasteiger charge is 2.09. The van der Waals surface area contributed by atoms with Gasteiger partial charge in [0.25, 0.3) is 0 Å². The topological polar surface area (TPSA) is 64.3 Å². The molecule has 0 aliphatic rings. The van der Waals surface area contributed by atoms with Crippen molar-refractivity contribution in [3.63, 3.8) is 0 Å². The Morgan fingerprint density at radius 1 is 1.18 bits per heavy atom. The van der Waals surface area contributed by atoms with E-state index in [0.717, 1.165) is 17.5 Å². The number of nitrogens with one attached hydrogen (secondary N) is 1. The number of aryl methyl sites for hydroxylation is 1. The van der Waals surface area contributed by atoms with Gasteiger partial charge in [0, 0.05) is 5.69 Å². The predicted molar refractivity (Wildman–Crippen MR) is 90.2 cm³/mol. The summed E-state index contributed by atoms with van der Waals surface area (Å²) < 4.78 is 5.70. The maximum atomic E-state index is 12.2. The number of nitrogens with two attached hydrogens (primary N) is 1. The van der Waals surface area contributed by atoms with Crippen LogP contribution in [-0.4, -0.2) is 12.5 Å². The average molecular weight is 298 g/mol. The molecule has 0 bridgehead atoms. The van der Waals surface area contributed by atoms with Crippen LogP contribution in [0.4, 0.5) is 11.4 Å². The fraction of sp³-hybridized carbons (Fsp3) is 0.278. The predicted octanol–water partition coefficient (Wildman–Crippen LogP) is 3.55. The van der Waals surface area contributed by atoms with Gasteiger partial charge in [-0.3, -0.25) is 4.79 Å². The summed E-state index contributed by atoms with van der Waals surface area (Å²) in [6, 6.07) is 13.1. The number of rotatable bonds is 6. The molecule has 0 atom stereocenters. The van der Waals surface area contributed by atoms with E-state index in [1.54, 1.807) is 12.1 Å². The minimum atomic E-state index is -0.0741. The van der Waals surface area contributed by atoms with Gasteiger partial charge in [-0.05, 0) is 48.7 Å². The molecule has 4 nitrogen and oxygen atoms in total. The second-order valence-electron chi connectivity index (χ2n) is 5.31. The summed E-state index contributed by atoms with van der Waals surface area (Å²) in [5.74, 6) is 0.641. The molecule has 0 fully saturated rings.